The Labute approximate surface area is 158 Å². The number of halogens is 1. The zero-order chi connectivity index (χ0) is 19.4. The largest absolute Gasteiger partial charge is 0.463 e. The number of hydrogen-bond donors (Lipinski definition) is 0. The minimum absolute atomic E-state index is 0.0851. The predicted octanol–water partition coefficient (Wildman–Crippen LogP) is 4.18. The van der Waals surface area contributed by atoms with E-state index in [1.165, 1.54) is 11.0 Å². The second kappa shape index (κ2) is 8.16. The van der Waals surface area contributed by atoms with Crippen molar-refractivity contribution in [1.29, 1.82) is 0 Å². The topological polar surface area (TPSA) is 46.6 Å². The third-order valence-corrected chi connectivity index (χ3v) is 4.81. The number of hydrogen-bond acceptors (Lipinski definition) is 3. The van der Waals surface area contributed by atoms with Gasteiger partial charge in [-0.25, -0.2) is 9.18 Å². The highest BCUT2D eigenvalue weighted by molar-refractivity contribution is 5.95. The van der Waals surface area contributed by atoms with E-state index in [1.807, 2.05) is 30.3 Å². The fourth-order valence-electron chi connectivity index (χ4n) is 3.44. The van der Waals surface area contributed by atoms with Crippen molar-refractivity contribution in [3.05, 3.63) is 82.8 Å². The number of carbonyl (C=O) groups is 2. The van der Waals surface area contributed by atoms with Crippen molar-refractivity contribution in [1.82, 2.24) is 4.90 Å². The lowest BCUT2D eigenvalue weighted by molar-refractivity contribution is -0.140. The van der Waals surface area contributed by atoms with Crippen molar-refractivity contribution in [2.45, 2.75) is 32.7 Å². The van der Waals surface area contributed by atoms with E-state index in [1.54, 1.807) is 32.0 Å². The SMILES string of the molecule is CCOC(=O)C1=C(C)N(Cc2ccccc2F)C(=O)C[C@@H]1c1ccccc1. The van der Waals surface area contributed by atoms with E-state index < -0.39 is 5.97 Å². The minimum Gasteiger partial charge on any atom is -0.463 e. The van der Waals surface area contributed by atoms with Crippen LogP contribution in [-0.4, -0.2) is 23.4 Å². The molecule has 0 unspecified atom stereocenters. The fourth-order valence-corrected chi connectivity index (χ4v) is 3.44. The summed E-state index contributed by atoms with van der Waals surface area (Å²) >= 11 is 0. The molecule has 1 atom stereocenters. The van der Waals surface area contributed by atoms with Crippen LogP contribution in [0, 0.1) is 5.82 Å². The molecule has 0 fully saturated rings. The van der Waals surface area contributed by atoms with Crippen LogP contribution in [0.25, 0.3) is 0 Å². The maximum absolute atomic E-state index is 14.1. The first-order chi connectivity index (χ1) is 13.0. The molecule has 0 N–H and O–H groups in total. The van der Waals surface area contributed by atoms with Crippen molar-refractivity contribution in [3.8, 4) is 0 Å². The summed E-state index contributed by atoms with van der Waals surface area (Å²) in [5.41, 5.74) is 2.27. The molecule has 3 rings (SSSR count). The third-order valence-electron chi connectivity index (χ3n) is 4.81. The summed E-state index contributed by atoms with van der Waals surface area (Å²) in [6.45, 7) is 3.80. The number of nitrogens with zero attached hydrogens (tertiary/aromatic N) is 1. The van der Waals surface area contributed by atoms with Crippen LogP contribution in [-0.2, 0) is 20.9 Å². The highest BCUT2D eigenvalue weighted by Crippen LogP contribution is 2.37. The van der Waals surface area contributed by atoms with Gasteiger partial charge in [-0.15, -0.1) is 0 Å². The van der Waals surface area contributed by atoms with Crippen LogP contribution in [0.2, 0.25) is 0 Å². The van der Waals surface area contributed by atoms with E-state index in [0.29, 0.717) is 16.8 Å². The van der Waals surface area contributed by atoms with Crippen LogP contribution in [0.15, 0.2) is 65.9 Å². The molecule has 0 aromatic heterocycles. The van der Waals surface area contributed by atoms with Crippen molar-refractivity contribution in [2.75, 3.05) is 6.61 Å². The highest BCUT2D eigenvalue weighted by atomic mass is 19.1. The van der Waals surface area contributed by atoms with Crippen molar-refractivity contribution >= 4 is 11.9 Å². The first-order valence-electron chi connectivity index (χ1n) is 8.99. The lowest BCUT2D eigenvalue weighted by Gasteiger charge is -2.34. The number of rotatable bonds is 5. The molecule has 1 aliphatic heterocycles. The molecule has 1 amide bonds. The maximum atomic E-state index is 14.1. The predicted molar refractivity (Wildman–Crippen MR) is 100 cm³/mol. The first kappa shape index (κ1) is 18.8. The number of benzene rings is 2. The number of ether oxygens (including phenoxy) is 1. The Morgan fingerprint density at radius 1 is 1.15 bits per heavy atom. The summed E-state index contributed by atoms with van der Waals surface area (Å²) < 4.78 is 19.3. The first-order valence-corrected chi connectivity index (χ1v) is 8.99. The molecular weight excluding hydrogens is 345 g/mol. The van der Waals surface area contributed by atoms with Crippen molar-refractivity contribution < 1.29 is 18.7 Å². The van der Waals surface area contributed by atoms with Gasteiger partial charge in [-0.05, 0) is 25.5 Å². The van der Waals surface area contributed by atoms with Crippen LogP contribution >= 0.6 is 0 Å². The van der Waals surface area contributed by atoms with Gasteiger partial charge < -0.3 is 9.64 Å². The van der Waals surface area contributed by atoms with Crippen LogP contribution in [0.5, 0.6) is 0 Å². The van der Waals surface area contributed by atoms with Gasteiger partial charge in [-0.2, -0.15) is 0 Å². The van der Waals surface area contributed by atoms with Crippen molar-refractivity contribution in [2.24, 2.45) is 0 Å². The maximum Gasteiger partial charge on any atom is 0.336 e. The second-order valence-electron chi connectivity index (χ2n) is 6.46. The van der Waals surface area contributed by atoms with Gasteiger partial charge in [0.25, 0.3) is 0 Å². The molecule has 2 aromatic carbocycles. The summed E-state index contributed by atoms with van der Waals surface area (Å²) in [4.78, 5) is 27.0. The normalized spacial score (nSPS) is 17.2. The van der Waals surface area contributed by atoms with Gasteiger partial charge in [-0.3, -0.25) is 4.79 Å². The summed E-state index contributed by atoms with van der Waals surface area (Å²) in [7, 11) is 0. The third kappa shape index (κ3) is 3.92. The quantitative estimate of drug-likeness (QED) is 0.745. The molecule has 1 aliphatic rings. The van der Waals surface area contributed by atoms with E-state index in [9.17, 15) is 14.0 Å². The lowest BCUT2D eigenvalue weighted by Crippen LogP contribution is -2.38. The summed E-state index contributed by atoms with van der Waals surface area (Å²) in [6.07, 6.45) is 0.143. The molecule has 0 spiro atoms. The van der Waals surface area contributed by atoms with Crippen LogP contribution < -0.4 is 0 Å². The molecule has 0 aliphatic carbocycles. The molecule has 140 valence electrons. The van der Waals surface area contributed by atoms with E-state index in [2.05, 4.69) is 0 Å². The van der Waals surface area contributed by atoms with Gasteiger partial charge in [0.05, 0.1) is 18.7 Å². The Morgan fingerprint density at radius 2 is 1.81 bits per heavy atom. The van der Waals surface area contributed by atoms with Crippen molar-refractivity contribution in [3.63, 3.8) is 0 Å². The molecule has 0 radical (unpaired) electrons. The van der Waals surface area contributed by atoms with Gasteiger partial charge in [0.15, 0.2) is 0 Å². The number of esters is 1. The lowest BCUT2D eigenvalue weighted by atomic mass is 9.83. The highest BCUT2D eigenvalue weighted by Gasteiger charge is 2.36. The molecule has 2 aromatic rings. The molecule has 4 nitrogen and oxygen atoms in total. The molecule has 27 heavy (non-hydrogen) atoms. The molecule has 1 heterocycles. The van der Waals surface area contributed by atoms with Gasteiger partial charge in [-0.1, -0.05) is 48.5 Å². The fraction of sp³-hybridized carbons (Fsp3) is 0.273. The minimum atomic E-state index is -0.435. The van der Waals surface area contributed by atoms with E-state index in [-0.39, 0.29) is 37.2 Å². The zero-order valence-electron chi connectivity index (χ0n) is 15.4. The molecule has 5 heteroatoms. The average Bonchev–Trinajstić information content (AvgIpc) is 2.67. The Kier molecular flexibility index (Phi) is 5.69. The Hall–Kier alpha value is -2.95. The van der Waals surface area contributed by atoms with Crippen LogP contribution in [0.3, 0.4) is 0 Å². The molecule has 0 bridgehead atoms. The van der Waals surface area contributed by atoms with Gasteiger partial charge in [0.2, 0.25) is 5.91 Å². The smallest absolute Gasteiger partial charge is 0.336 e. The summed E-state index contributed by atoms with van der Waals surface area (Å²) in [6, 6.07) is 15.8. The van der Waals surface area contributed by atoms with E-state index in [0.717, 1.165) is 5.56 Å². The van der Waals surface area contributed by atoms with Crippen LogP contribution in [0.4, 0.5) is 4.39 Å². The number of carbonyl (C=O) groups excluding carboxylic acids is 2. The standard InChI is InChI=1S/C22H22FNO3/c1-3-27-22(26)21-15(2)24(14-17-11-7-8-12-19(17)23)20(25)13-18(21)16-9-5-4-6-10-16/h4-12,18H,3,13-14H2,1-2H3/t18-/m1/s1. The van der Waals surface area contributed by atoms with Crippen LogP contribution in [0.1, 0.15) is 37.3 Å². The van der Waals surface area contributed by atoms with E-state index >= 15 is 0 Å². The monoisotopic (exact) mass is 367 g/mol. The summed E-state index contributed by atoms with van der Waals surface area (Å²) in [5.74, 6) is -1.32. The van der Waals surface area contributed by atoms with E-state index in [4.69, 9.17) is 4.74 Å². The Balaban J connectivity index is 2.03. The summed E-state index contributed by atoms with van der Waals surface area (Å²) in [5, 5.41) is 0. The van der Waals surface area contributed by atoms with Gasteiger partial charge in [0.1, 0.15) is 5.82 Å². The van der Waals surface area contributed by atoms with Gasteiger partial charge in [0, 0.05) is 23.6 Å². The number of allylic oxidation sites excluding steroid dienone is 1. The Morgan fingerprint density at radius 3 is 2.48 bits per heavy atom. The number of amides is 1. The molecule has 0 saturated heterocycles. The Bertz CT molecular complexity index is 876. The average molecular weight is 367 g/mol. The zero-order valence-corrected chi connectivity index (χ0v) is 15.4. The second-order valence-corrected chi connectivity index (χ2v) is 6.46. The molecule has 0 saturated carbocycles. The van der Waals surface area contributed by atoms with Gasteiger partial charge >= 0.3 is 5.97 Å². The molecular formula is C22H22FNO3.